The fourth-order valence-electron chi connectivity index (χ4n) is 1.69. The summed E-state index contributed by atoms with van der Waals surface area (Å²) in [5.41, 5.74) is 1.67. The Morgan fingerprint density at radius 1 is 1.44 bits per heavy atom. The van der Waals surface area contributed by atoms with Crippen molar-refractivity contribution in [2.45, 2.75) is 13.8 Å². The summed E-state index contributed by atoms with van der Waals surface area (Å²) in [6, 6.07) is 6.10. The van der Waals surface area contributed by atoms with Crippen LogP contribution in [-0.4, -0.2) is 20.5 Å². The van der Waals surface area contributed by atoms with E-state index in [1.807, 2.05) is 0 Å². The maximum Gasteiger partial charge on any atom is 0.271 e. The van der Waals surface area contributed by atoms with Crippen LogP contribution >= 0.6 is 0 Å². The third kappa shape index (κ3) is 2.13. The predicted octanol–water partition coefficient (Wildman–Crippen LogP) is 2.29. The van der Waals surface area contributed by atoms with Gasteiger partial charge < -0.3 is 0 Å². The number of carbonyl (C=O) groups excluding carboxylic acids is 1. The zero-order valence-corrected chi connectivity index (χ0v) is 9.95. The number of benzene rings is 1. The van der Waals surface area contributed by atoms with E-state index in [1.54, 1.807) is 25.3 Å². The minimum Gasteiger partial charge on any atom is -0.294 e. The van der Waals surface area contributed by atoms with Gasteiger partial charge >= 0.3 is 0 Å². The van der Waals surface area contributed by atoms with Crippen LogP contribution in [0.5, 0.6) is 0 Å². The van der Waals surface area contributed by atoms with E-state index in [0.717, 1.165) is 0 Å². The summed E-state index contributed by atoms with van der Waals surface area (Å²) in [6.07, 6.45) is 1.58. The van der Waals surface area contributed by atoms with E-state index in [9.17, 15) is 14.9 Å². The van der Waals surface area contributed by atoms with Crippen molar-refractivity contribution in [1.82, 2.24) is 9.78 Å². The molecule has 0 aliphatic rings. The fraction of sp³-hybridized carbons (Fsp3) is 0.167. The van der Waals surface area contributed by atoms with Gasteiger partial charge in [-0.25, -0.2) is 4.68 Å². The van der Waals surface area contributed by atoms with Crippen LogP contribution in [0.2, 0.25) is 0 Å². The topological polar surface area (TPSA) is 78.0 Å². The highest BCUT2D eigenvalue weighted by Crippen LogP contribution is 2.18. The van der Waals surface area contributed by atoms with Crippen LogP contribution in [0.25, 0.3) is 5.69 Å². The van der Waals surface area contributed by atoms with Gasteiger partial charge in [0, 0.05) is 18.3 Å². The predicted molar refractivity (Wildman–Crippen MR) is 65.0 cm³/mol. The van der Waals surface area contributed by atoms with Gasteiger partial charge in [0.1, 0.15) is 0 Å². The van der Waals surface area contributed by atoms with E-state index in [4.69, 9.17) is 0 Å². The molecule has 0 N–H and O–H groups in total. The van der Waals surface area contributed by atoms with Crippen molar-refractivity contribution in [2.75, 3.05) is 0 Å². The maximum atomic E-state index is 11.3. The van der Waals surface area contributed by atoms with Gasteiger partial charge in [-0.05, 0) is 19.9 Å². The quantitative estimate of drug-likeness (QED) is 0.472. The summed E-state index contributed by atoms with van der Waals surface area (Å²) in [7, 11) is 0. The van der Waals surface area contributed by atoms with Crippen molar-refractivity contribution >= 4 is 11.5 Å². The molecule has 0 saturated heterocycles. The number of non-ortho nitro benzene ring substituents is 1. The van der Waals surface area contributed by atoms with Gasteiger partial charge in [-0.3, -0.25) is 14.9 Å². The van der Waals surface area contributed by atoms with Crippen LogP contribution in [0, 0.1) is 17.0 Å². The third-order valence-corrected chi connectivity index (χ3v) is 2.58. The fourth-order valence-corrected chi connectivity index (χ4v) is 1.69. The molecule has 1 heterocycles. The molecular weight excluding hydrogens is 234 g/mol. The standard InChI is InChI=1S/C12H11N3O3/c1-8-12(9(2)16)7-14(13-8)10-4-3-5-11(6-10)15(17)18/h3-7H,1-2H3. The Labute approximate surface area is 103 Å². The highest BCUT2D eigenvalue weighted by atomic mass is 16.6. The molecule has 0 atom stereocenters. The van der Waals surface area contributed by atoms with Crippen molar-refractivity contribution in [3.05, 3.63) is 51.8 Å². The Bertz CT molecular complexity index is 631. The zero-order valence-electron chi connectivity index (χ0n) is 9.95. The van der Waals surface area contributed by atoms with Gasteiger partial charge in [-0.1, -0.05) is 6.07 Å². The molecule has 92 valence electrons. The van der Waals surface area contributed by atoms with E-state index in [2.05, 4.69) is 5.10 Å². The first-order valence-corrected chi connectivity index (χ1v) is 5.31. The molecule has 0 bridgehead atoms. The van der Waals surface area contributed by atoms with Crippen LogP contribution in [-0.2, 0) is 0 Å². The Balaban J connectivity index is 2.49. The number of aryl methyl sites for hydroxylation is 1. The highest BCUT2D eigenvalue weighted by molar-refractivity contribution is 5.94. The van der Waals surface area contributed by atoms with E-state index in [1.165, 1.54) is 23.7 Å². The minimum absolute atomic E-state index is 0.00923. The largest absolute Gasteiger partial charge is 0.294 e. The van der Waals surface area contributed by atoms with Gasteiger partial charge in [0.15, 0.2) is 5.78 Å². The Morgan fingerprint density at radius 3 is 2.72 bits per heavy atom. The van der Waals surface area contributed by atoms with E-state index in [-0.39, 0.29) is 11.5 Å². The summed E-state index contributed by atoms with van der Waals surface area (Å²) in [5.74, 6) is -0.0795. The highest BCUT2D eigenvalue weighted by Gasteiger charge is 2.12. The third-order valence-electron chi connectivity index (χ3n) is 2.58. The van der Waals surface area contributed by atoms with E-state index in [0.29, 0.717) is 16.9 Å². The summed E-state index contributed by atoms with van der Waals surface area (Å²) in [6.45, 7) is 3.19. The van der Waals surface area contributed by atoms with E-state index >= 15 is 0 Å². The number of Topliss-reactive ketones (excluding diaryl/α,β-unsaturated/α-hetero) is 1. The van der Waals surface area contributed by atoms with Crippen LogP contribution in [0.4, 0.5) is 5.69 Å². The molecule has 1 aromatic carbocycles. The first-order chi connectivity index (χ1) is 8.49. The molecule has 0 fully saturated rings. The summed E-state index contributed by atoms with van der Waals surface area (Å²) in [5, 5.41) is 14.9. The Kier molecular flexibility index (Phi) is 2.93. The summed E-state index contributed by atoms with van der Waals surface area (Å²) >= 11 is 0. The van der Waals surface area contributed by atoms with Gasteiger partial charge in [0.2, 0.25) is 0 Å². The van der Waals surface area contributed by atoms with Crippen LogP contribution in [0.3, 0.4) is 0 Å². The molecule has 0 saturated carbocycles. The first kappa shape index (κ1) is 12.0. The van der Waals surface area contributed by atoms with Gasteiger partial charge in [-0.2, -0.15) is 5.10 Å². The lowest BCUT2D eigenvalue weighted by molar-refractivity contribution is -0.384. The Morgan fingerprint density at radius 2 is 2.17 bits per heavy atom. The number of nitrogens with zero attached hydrogens (tertiary/aromatic N) is 3. The number of hydrogen-bond donors (Lipinski definition) is 0. The first-order valence-electron chi connectivity index (χ1n) is 5.31. The van der Waals surface area contributed by atoms with Crippen molar-refractivity contribution in [2.24, 2.45) is 0 Å². The summed E-state index contributed by atoms with van der Waals surface area (Å²) in [4.78, 5) is 21.5. The average Bonchev–Trinajstić information content (AvgIpc) is 2.71. The SMILES string of the molecule is CC(=O)c1cn(-c2cccc([N+](=O)[O-])c2)nc1C. The lowest BCUT2D eigenvalue weighted by Gasteiger charge is -2.00. The molecule has 0 aliphatic carbocycles. The molecule has 2 aromatic rings. The van der Waals surface area contributed by atoms with Gasteiger partial charge in [-0.15, -0.1) is 0 Å². The molecule has 0 radical (unpaired) electrons. The number of nitro groups is 1. The monoisotopic (exact) mass is 245 g/mol. The molecule has 0 unspecified atom stereocenters. The molecule has 18 heavy (non-hydrogen) atoms. The molecule has 1 aromatic heterocycles. The molecule has 6 nitrogen and oxygen atoms in total. The lowest BCUT2D eigenvalue weighted by atomic mass is 10.2. The minimum atomic E-state index is -0.467. The smallest absolute Gasteiger partial charge is 0.271 e. The lowest BCUT2D eigenvalue weighted by Crippen LogP contribution is -1.96. The van der Waals surface area contributed by atoms with Crippen LogP contribution < -0.4 is 0 Å². The second-order valence-electron chi connectivity index (χ2n) is 3.91. The number of carbonyl (C=O) groups is 1. The van der Waals surface area contributed by atoms with Crippen LogP contribution in [0.15, 0.2) is 30.5 Å². The zero-order chi connectivity index (χ0) is 13.3. The van der Waals surface area contributed by atoms with Gasteiger partial charge in [0.05, 0.1) is 21.9 Å². The molecule has 6 heteroatoms. The molecule has 0 spiro atoms. The number of hydrogen-bond acceptors (Lipinski definition) is 4. The molecular formula is C12H11N3O3. The molecule has 0 aliphatic heterocycles. The van der Waals surface area contributed by atoms with Gasteiger partial charge in [0.25, 0.3) is 5.69 Å². The van der Waals surface area contributed by atoms with Crippen LogP contribution in [0.1, 0.15) is 23.0 Å². The number of nitro benzene ring substituents is 1. The number of rotatable bonds is 3. The van der Waals surface area contributed by atoms with Crippen molar-refractivity contribution < 1.29 is 9.72 Å². The second-order valence-corrected chi connectivity index (χ2v) is 3.91. The summed E-state index contributed by atoms with van der Waals surface area (Å²) < 4.78 is 1.47. The number of aromatic nitrogens is 2. The normalized spacial score (nSPS) is 10.3. The van der Waals surface area contributed by atoms with Crippen molar-refractivity contribution in [3.63, 3.8) is 0 Å². The van der Waals surface area contributed by atoms with Crippen molar-refractivity contribution in [1.29, 1.82) is 0 Å². The molecule has 0 amide bonds. The Hall–Kier alpha value is -2.50. The second kappa shape index (κ2) is 4.40. The average molecular weight is 245 g/mol. The van der Waals surface area contributed by atoms with Crippen molar-refractivity contribution in [3.8, 4) is 5.69 Å². The number of ketones is 1. The molecule has 2 rings (SSSR count). The van der Waals surface area contributed by atoms with E-state index < -0.39 is 4.92 Å². The maximum absolute atomic E-state index is 11.3.